The van der Waals surface area contributed by atoms with E-state index in [4.69, 9.17) is 0 Å². The van der Waals surface area contributed by atoms with Gasteiger partial charge in [-0.15, -0.1) is 0 Å². The first-order valence-corrected chi connectivity index (χ1v) is 5.75. The quantitative estimate of drug-likeness (QED) is 0.827. The van der Waals surface area contributed by atoms with Crippen LogP contribution in [0, 0.1) is 0 Å². The summed E-state index contributed by atoms with van der Waals surface area (Å²) in [5, 5.41) is 14.2. The predicted molar refractivity (Wildman–Crippen MR) is 61.8 cm³/mol. The molecule has 0 aromatic carbocycles. The Morgan fingerprint density at radius 2 is 2.14 bits per heavy atom. The Hall–Kier alpha value is -0.380. The minimum atomic E-state index is -0.327. The van der Waals surface area contributed by atoms with Gasteiger partial charge in [0.1, 0.15) is 0 Å². The maximum Gasteiger partial charge on any atom is 0.0758 e. The molecule has 0 aliphatic heterocycles. The minimum Gasteiger partial charge on any atom is -0.391 e. The van der Waals surface area contributed by atoms with Crippen LogP contribution in [0.5, 0.6) is 0 Å². The van der Waals surface area contributed by atoms with Crippen LogP contribution in [0.15, 0.2) is 16.8 Å². The monoisotopic (exact) mass is 213 g/mol. The zero-order valence-corrected chi connectivity index (χ0v) is 10.1. The smallest absolute Gasteiger partial charge is 0.0758 e. The Balaban J connectivity index is 2.62. The van der Waals surface area contributed by atoms with Gasteiger partial charge >= 0.3 is 0 Å². The number of aliphatic hydroxyl groups excluding tert-OH is 1. The molecule has 1 aromatic heterocycles. The van der Waals surface area contributed by atoms with E-state index in [0.717, 1.165) is 6.42 Å². The van der Waals surface area contributed by atoms with E-state index in [1.807, 2.05) is 19.5 Å². The van der Waals surface area contributed by atoms with E-state index >= 15 is 0 Å². The first-order chi connectivity index (χ1) is 6.44. The maximum absolute atomic E-state index is 10.1. The van der Waals surface area contributed by atoms with Crippen molar-refractivity contribution in [1.29, 1.82) is 0 Å². The van der Waals surface area contributed by atoms with Crippen LogP contribution in [0.2, 0.25) is 0 Å². The summed E-state index contributed by atoms with van der Waals surface area (Å²) in [5.74, 6) is 0. The fourth-order valence-corrected chi connectivity index (χ4v) is 1.86. The van der Waals surface area contributed by atoms with E-state index in [2.05, 4.69) is 30.2 Å². The highest BCUT2D eigenvalue weighted by atomic mass is 32.1. The zero-order chi connectivity index (χ0) is 10.8. The fraction of sp³-hybridized carbons (Fsp3) is 0.636. The van der Waals surface area contributed by atoms with Crippen LogP contribution in [0.1, 0.15) is 19.4 Å². The average Bonchev–Trinajstić information content (AvgIpc) is 2.56. The van der Waals surface area contributed by atoms with Crippen LogP contribution in [0.4, 0.5) is 0 Å². The molecule has 0 saturated carbocycles. The highest BCUT2D eigenvalue weighted by molar-refractivity contribution is 7.07. The third-order valence-electron chi connectivity index (χ3n) is 2.98. The van der Waals surface area contributed by atoms with Crippen molar-refractivity contribution in [1.82, 2.24) is 4.90 Å². The molecule has 1 rings (SSSR count). The standard InChI is InChI=1S/C11H19NOS/c1-11(2,12(3)4)10(13)7-9-5-6-14-8-9/h5-6,8,10,13H,7H2,1-4H3. The topological polar surface area (TPSA) is 23.5 Å². The summed E-state index contributed by atoms with van der Waals surface area (Å²) >= 11 is 1.68. The van der Waals surface area contributed by atoms with Gasteiger partial charge < -0.3 is 10.0 Å². The molecule has 0 saturated heterocycles. The summed E-state index contributed by atoms with van der Waals surface area (Å²) in [6, 6.07) is 2.07. The second kappa shape index (κ2) is 4.43. The number of nitrogens with zero attached hydrogens (tertiary/aromatic N) is 1. The van der Waals surface area contributed by atoms with Gasteiger partial charge in [-0.1, -0.05) is 0 Å². The molecule has 0 fully saturated rings. The van der Waals surface area contributed by atoms with Gasteiger partial charge in [-0.05, 0) is 50.3 Å². The summed E-state index contributed by atoms with van der Waals surface area (Å²) in [4.78, 5) is 2.06. The highest BCUT2D eigenvalue weighted by Crippen LogP contribution is 2.20. The molecule has 80 valence electrons. The predicted octanol–water partition coefficient (Wildman–Crippen LogP) is 1.99. The largest absolute Gasteiger partial charge is 0.391 e. The molecular weight excluding hydrogens is 194 g/mol. The highest BCUT2D eigenvalue weighted by Gasteiger charge is 2.29. The maximum atomic E-state index is 10.1. The van der Waals surface area contributed by atoms with Crippen molar-refractivity contribution in [3.05, 3.63) is 22.4 Å². The van der Waals surface area contributed by atoms with Crippen LogP contribution < -0.4 is 0 Å². The van der Waals surface area contributed by atoms with Crippen molar-refractivity contribution >= 4 is 11.3 Å². The molecule has 0 aliphatic carbocycles. The lowest BCUT2D eigenvalue weighted by atomic mass is 9.91. The third-order valence-corrected chi connectivity index (χ3v) is 3.71. The molecule has 1 aromatic rings. The van der Waals surface area contributed by atoms with E-state index < -0.39 is 0 Å². The van der Waals surface area contributed by atoms with Gasteiger partial charge in [0.15, 0.2) is 0 Å². The summed E-state index contributed by atoms with van der Waals surface area (Å²) in [6.07, 6.45) is 0.404. The van der Waals surface area contributed by atoms with Gasteiger partial charge in [-0.2, -0.15) is 11.3 Å². The SMILES string of the molecule is CN(C)C(C)(C)C(O)Cc1ccsc1. The van der Waals surface area contributed by atoms with Gasteiger partial charge in [0.05, 0.1) is 6.10 Å². The van der Waals surface area contributed by atoms with Crippen molar-refractivity contribution in [3.8, 4) is 0 Å². The Labute approximate surface area is 90.2 Å². The molecule has 0 radical (unpaired) electrons. The number of rotatable bonds is 4. The van der Waals surface area contributed by atoms with Gasteiger partial charge in [0.25, 0.3) is 0 Å². The molecular formula is C11H19NOS. The van der Waals surface area contributed by atoms with Crippen LogP contribution in [0.25, 0.3) is 0 Å². The Bertz CT molecular complexity index is 267. The number of aliphatic hydroxyl groups is 1. The lowest BCUT2D eigenvalue weighted by Crippen LogP contribution is -2.49. The molecule has 0 aliphatic rings. The summed E-state index contributed by atoms with van der Waals surface area (Å²) < 4.78 is 0. The van der Waals surface area contributed by atoms with Crippen molar-refractivity contribution in [2.24, 2.45) is 0 Å². The first kappa shape index (κ1) is 11.7. The third kappa shape index (κ3) is 2.56. The van der Waals surface area contributed by atoms with E-state index in [-0.39, 0.29) is 11.6 Å². The molecule has 2 nitrogen and oxygen atoms in total. The van der Waals surface area contributed by atoms with E-state index in [0.29, 0.717) is 0 Å². The molecule has 0 bridgehead atoms. The van der Waals surface area contributed by atoms with Crippen LogP contribution in [-0.2, 0) is 6.42 Å². The Kier molecular flexibility index (Phi) is 3.70. The van der Waals surface area contributed by atoms with Crippen LogP contribution in [0.3, 0.4) is 0 Å². The van der Waals surface area contributed by atoms with Crippen LogP contribution in [-0.4, -0.2) is 35.7 Å². The van der Waals surface area contributed by atoms with Gasteiger partial charge in [-0.3, -0.25) is 0 Å². The number of hydrogen-bond acceptors (Lipinski definition) is 3. The minimum absolute atomic E-state index is 0.179. The molecule has 1 heterocycles. The summed E-state index contributed by atoms with van der Waals surface area (Å²) in [6.45, 7) is 4.12. The van der Waals surface area contributed by atoms with Gasteiger partial charge in [-0.25, -0.2) is 0 Å². The summed E-state index contributed by atoms with van der Waals surface area (Å²) in [7, 11) is 3.99. The number of thiophene rings is 1. The lowest BCUT2D eigenvalue weighted by molar-refractivity contribution is 0.0183. The number of likely N-dealkylation sites (N-methyl/N-ethyl adjacent to an activating group) is 1. The van der Waals surface area contributed by atoms with E-state index in [1.165, 1.54) is 5.56 Å². The van der Waals surface area contributed by atoms with Crippen molar-refractivity contribution in [2.75, 3.05) is 14.1 Å². The van der Waals surface area contributed by atoms with E-state index in [9.17, 15) is 5.11 Å². The number of hydrogen-bond donors (Lipinski definition) is 1. The molecule has 0 amide bonds. The molecule has 1 N–H and O–H groups in total. The molecule has 0 spiro atoms. The Morgan fingerprint density at radius 1 is 1.50 bits per heavy atom. The second-order valence-electron chi connectivity index (χ2n) is 4.40. The van der Waals surface area contributed by atoms with Crippen molar-refractivity contribution in [2.45, 2.75) is 31.9 Å². The lowest BCUT2D eigenvalue weighted by Gasteiger charge is -2.37. The zero-order valence-electron chi connectivity index (χ0n) is 9.32. The molecule has 14 heavy (non-hydrogen) atoms. The van der Waals surface area contributed by atoms with Crippen LogP contribution >= 0.6 is 11.3 Å². The van der Waals surface area contributed by atoms with Crippen molar-refractivity contribution in [3.63, 3.8) is 0 Å². The molecule has 3 heteroatoms. The Morgan fingerprint density at radius 3 is 2.57 bits per heavy atom. The summed E-state index contributed by atoms with van der Waals surface area (Å²) in [5.41, 5.74) is 1.04. The second-order valence-corrected chi connectivity index (χ2v) is 5.18. The first-order valence-electron chi connectivity index (χ1n) is 4.81. The molecule has 1 atom stereocenters. The molecule has 1 unspecified atom stereocenters. The fourth-order valence-electron chi connectivity index (χ4n) is 1.18. The van der Waals surface area contributed by atoms with Gasteiger partial charge in [0, 0.05) is 12.0 Å². The van der Waals surface area contributed by atoms with Gasteiger partial charge in [0.2, 0.25) is 0 Å². The van der Waals surface area contributed by atoms with Crippen molar-refractivity contribution < 1.29 is 5.11 Å². The average molecular weight is 213 g/mol. The normalized spacial score (nSPS) is 14.7. The van der Waals surface area contributed by atoms with E-state index in [1.54, 1.807) is 11.3 Å².